The lowest BCUT2D eigenvalue weighted by molar-refractivity contribution is 0.311. The molecule has 0 radical (unpaired) electrons. The van der Waals surface area contributed by atoms with Crippen LogP contribution in [0.15, 0.2) is 35.3 Å². The summed E-state index contributed by atoms with van der Waals surface area (Å²) in [5.74, 6) is 1.78. The largest absolute Gasteiger partial charge is 0.494 e. The fourth-order valence-corrected chi connectivity index (χ4v) is 1.45. The van der Waals surface area contributed by atoms with Crippen LogP contribution in [0.25, 0.3) is 0 Å². The van der Waals surface area contributed by atoms with Gasteiger partial charge in [-0.2, -0.15) is 0 Å². The molecule has 0 aliphatic rings. The van der Waals surface area contributed by atoms with Crippen LogP contribution in [-0.4, -0.2) is 32.7 Å². The first-order valence-corrected chi connectivity index (χ1v) is 6.49. The number of halogens is 1. The zero-order chi connectivity index (χ0) is 13.1. The molecule has 0 heterocycles. The zero-order valence-electron chi connectivity index (χ0n) is 11.7. The summed E-state index contributed by atoms with van der Waals surface area (Å²) in [6, 6.07) is 9.87. The van der Waals surface area contributed by atoms with E-state index in [0.29, 0.717) is 6.61 Å². The molecule has 1 aromatic rings. The number of hydrogen-bond donors (Lipinski definition) is 2. The van der Waals surface area contributed by atoms with Gasteiger partial charge in [-0.3, -0.25) is 4.99 Å². The van der Waals surface area contributed by atoms with Crippen molar-refractivity contribution in [2.75, 3.05) is 26.7 Å². The zero-order valence-corrected chi connectivity index (χ0v) is 14.0. The van der Waals surface area contributed by atoms with Crippen molar-refractivity contribution >= 4 is 29.9 Å². The lowest BCUT2D eigenvalue weighted by Gasteiger charge is -2.11. The highest BCUT2D eigenvalue weighted by atomic mass is 127. The first-order chi connectivity index (χ1) is 8.86. The molecule has 0 amide bonds. The second kappa shape index (κ2) is 12.1. The Bertz CT molecular complexity index is 344. The first kappa shape index (κ1) is 18.0. The Kier molecular flexibility index (Phi) is 11.5. The molecule has 0 saturated heterocycles. The smallest absolute Gasteiger partial charge is 0.190 e. The Balaban J connectivity index is 0.00000324. The molecule has 0 saturated carbocycles. The maximum Gasteiger partial charge on any atom is 0.190 e. The number of nitrogens with one attached hydrogen (secondary N) is 2. The summed E-state index contributed by atoms with van der Waals surface area (Å²) in [4.78, 5) is 4.13. The number of nitrogens with zero attached hydrogens (tertiary/aromatic N) is 1. The van der Waals surface area contributed by atoms with Gasteiger partial charge in [0.15, 0.2) is 5.96 Å². The minimum atomic E-state index is 0. The van der Waals surface area contributed by atoms with Crippen molar-refractivity contribution in [1.29, 1.82) is 0 Å². The molecule has 0 spiro atoms. The van der Waals surface area contributed by atoms with Crippen LogP contribution < -0.4 is 15.4 Å². The number of ether oxygens (including phenoxy) is 1. The van der Waals surface area contributed by atoms with Gasteiger partial charge in [-0.05, 0) is 25.0 Å². The average Bonchev–Trinajstić information content (AvgIpc) is 2.43. The van der Waals surface area contributed by atoms with Crippen molar-refractivity contribution in [2.45, 2.75) is 19.8 Å². The van der Waals surface area contributed by atoms with Gasteiger partial charge in [0.2, 0.25) is 0 Å². The molecule has 0 aliphatic heterocycles. The average molecular weight is 377 g/mol. The van der Waals surface area contributed by atoms with Crippen LogP contribution in [-0.2, 0) is 0 Å². The number of guanidine groups is 1. The van der Waals surface area contributed by atoms with Gasteiger partial charge in [-0.1, -0.05) is 25.1 Å². The maximum atomic E-state index is 5.60. The fourth-order valence-electron chi connectivity index (χ4n) is 1.45. The normalized spacial score (nSPS) is 10.5. The van der Waals surface area contributed by atoms with Crippen molar-refractivity contribution in [3.8, 4) is 5.75 Å². The van der Waals surface area contributed by atoms with E-state index in [1.165, 1.54) is 0 Å². The molecule has 19 heavy (non-hydrogen) atoms. The molecule has 1 rings (SSSR count). The van der Waals surface area contributed by atoms with Crippen LogP contribution in [0.3, 0.4) is 0 Å². The number of rotatable bonds is 7. The fraction of sp³-hybridized carbons (Fsp3) is 0.500. The molecule has 5 heteroatoms. The molecule has 108 valence electrons. The third-order valence-electron chi connectivity index (χ3n) is 2.39. The van der Waals surface area contributed by atoms with Crippen molar-refractivity contribution in [2.24, 2.45) is 4.99 Å². The van der Waals surface area contributed by atoms with Crippen LogP contribution in [0.4, 0.5) is 0 Å². The van der Waals surface area contributed by atoms with Gasteiger partial charge in [-0.15, -0.1) is 24.0 Å². The highest BCUT2D eigenvalue weighted by Gasteiger charge is 1.96. The van der Waals surface area contributed by atoms with Crippen molar-refractivity contribution in [3.63, 3.8) is 0 Å². The molecular weight excluding hydrogens is 353 g/mol. The molecule has 0 atom stereocenters. The molecular formula is C14H24IN3O. The lowest BCUT2D eigenvalue weighted by atomic mass is 10.3. The van der Waals surface area contributed by atoms with E-state index in [1.54, 1.807) is 7.05 Å². The van der Waals surface area contributed by atoms with E-state index >= 15 is 0 Å². The Hall–Kier alpha value is -0.980. The van der Waals surface area contributed by atoms with Gasteiger partial charge in [0, 0.05) is 20.1 Å². The van der Waals surface area contributed by atoms with Gasteiger partial charge in [0.25, 0.3) is 0 Å². The SMILES string of the molecule is CCCNC(=NC)NCCCOc1ccccc1.I. The predicted molar refractivity (Wildman–Crippen MR) is 91.6 cm³/mol. The molecule has 0 aromatic heterocycles. The summed E-state index contributed by atoms with van der Waals surface area (Å²) < 4.78 is 5.60. The third-order valence-corrected chi connectivity index (χ3v) is 2.39. The van der Waals surface area contributed by atoms with Gasteiger partial charge in [-0.25, -0.2) is 0 Å². The van der Waals surface area contributed by atoms with E-state index in [-0.39, 0.29) is 24.0 Å². The highest BCUT2D eigenvalue weighted by molar-refractivity contribution is 14.0. The Morgan fingerprint density at radius 1 is 1.16 bits per heavy atom. The number of hydrogen-bond acceptors (Lipinski definition) is 2. The van der Waals surface area contributed by atoms with Crippen molar-refractivity contribution in [3.05, 3.63) is 30.3 Å². The predicted octanol–water partition coefficient (Wildman–Crippen LogP) is 2.65. The van der Waals surface area contributed by atoms with E-state index in [9.17, 15) is 0 Å². The van der Waals surface area contributed by atoms with Crippen LogP contribution in [0.2, 0.25) is 0 Å². The standard InChI is InChI=1S/C14H23N3O.HI/c1-3-10-16-14(15-2)17-11-7-12-18-13-8-5-4-6-9-13;/h4-6,8-9H,3,7,10-12H2,1-2H3,(H2,15,16,17);1H. The quantitative estimate of drug-likeness (QED) is 0.332. The number of aliphatic imine (C=N–C) groups is 1. The summed E-state index contributed by atoms with van der Waals surface area (Å²) in [5.41, 5.74) is 0. The van der Waals surface area contributed by atoms with E-state index in [4.69, 9.17) is 4.74 Å². The van der Waals surface area contributed by atoms with Crippen molar-refractivity contribution in [1.82, 2.24) is 10.6 Å². The minimum absolute atomic E-state index is 0. The summed E-state index contributed by atoms with van der Waals surface area (Å²) >= 11 is 0. The minimum Gasteiger partial charge on any atom is -0.494 e. The van der Waals surface area contributed by atoms with Crippen LogP contribution in [0.1, 0.15) is 19.8 Å². The maximum absolute atomic E-state index is 5.60. The first-order valence-electron chi connectivity index (χ1n) is 6.49. The summed E-state index contributed by atoms with van der Waals surface area (Å²) in [5, 5.41) is 6.48. The molecule has 2 N–H and O–H groups in total. The molecule has 0 bridgehead atoms. The topological polar surface area (TPSA) is 45.7 Å². The lowest BCUT2D eigenvalue weighted by Crippen LogP contribution is -2.38. The highest BCUT2D eigenvalue weighted by Crippen LogP contribution is 2.07. The second-order valence-corrected chi connectivity index (χ2v) is 3.94. The molecule has 4 nitrogen and oxygen atoms in total. The summed E-state index contributed by atoms with van der Waals surface area (Å²) in [7, 11) is 1.78. The Morgan fingerprint density at radius 3 is 2.47 bits per heavy atom. The van der Waals surface area contributed by atoms with Gasteiger partial charge < -0.3 is 15.4 Å². The monoisotopic (exact) mass is 377 g/mol. The van der Waals surface area contributed by atoms with E-state index in [2.05, 4.69) is 22.5 Å². The van der Waals surface area contributed by atoms with E-state index in [1.807, 2.05) is 30.3 Å². The van der Waals surface area contributed by atoms with Crippen LogP contribution in [0, 0.1) is 0 Å². The Labute approximate surface area is 133 Å². The molecule has 1 aromatic carbocycles. The summed E-state index contributed by atoms with van der Waals surface area (Å²) in [6.45, 7) is 4.65. The van der Waals surface area contributed by atoms with E-state index in [0.717, 1.165) is 37.6 Å². The van der Waals surface area contributed by atoms with Gasteiger partial charge in [0.1, 0.15) is 5.75 Å². The summed E-state index contributed by atoms with van der Waals surface area (Å²) in [6.07, 6.45) is 2.04. The second-order valence-electron chi connectivity index (χ2n) is 3.94. The van der Waals surface area contributed by atoms with Crippen LogP contribution in [0.5, 0.6) is 5.75 Å². The van der Waals surface area contributed by atoms with Gasteiger partial charge >= 0.3 is 0 Å². The molecule has 0 unspecified atom stereocenters. The third kappa shape index (κ3) is 8.69. The molecule has 0 fully saturated rings. The number of para-hydroxylation sites is 1. The van der Waals surface area contributed by atoms with Crippen LogP contribution >= 0.6 is 24.0 Å². The Morgan fingerprint density at radius 2 is 1.84 bits per heavy atom. The van der Waals surface area contributed by atoms with E-state index < -0.39 is 0 Å². The van der Waals surface area contributed by atoms with Crippen molar-refractivity contribution < 1.29 is 4.74 Å². The van der Waals surface area contributed by atoms with Gasteiger partial charge in [0.05, 0.1) is 6.61 Å². The molecule has 0 aliphatic carbocycles. The number of benzene rings is 1.